The molecule has 23 heavy (non-hydrogen) atoms. The van der Waals surface area contributed by atoms with Crippen LogP contribution in [0.5, 0.6) is 0 Å². The Hall–Kier alpha value is -2.62. The van der Waals surface area contributed by atoms with Crippen LogP contribution in [0.4, 0.5) is 0 Å². The second kappa shape index (κ2) is 6.24. The van der Waals surface area contributed by atoms with E-state index in [0.29, 0.717) is 18.2 Å². The number of aryl methyl sites for hydroxylation is 1. The van der Waals surface area contributed by atoms with Crippen LogP contribution in [0.25, 0.3) is 11.0 Å². The number of nitrogens with one attached hydrogen (secondary N) is 1. The molecule has 0 atom stereocenters. The van der Waals surface area contributed by atoms with Crippen LogP contribution in [0.1, 0.15) is 41.6 Å². The Labute approximate surface area is 136 Å². The van der Waals surface area contributed by atoms with E-state index < -0.39 is 0 Å². The molecule has 1 N–H and O–H groups in total. The number of hydrogen-bond donors (Lipinski definition) is 1. The standard InChI is InChI=1S/C19H21N3O/c1-13(2)22-14(3)21-17-11-15(9-10-18(17)22)12-20-19(23)16-7-5-4-6-8-16/h4-11,13H,12H2,1-3H3,(H,20,23). The largest absolute Gasteiger partial charge is 0.348 e. The molecule has 0 unspecified atom stereocenters. The molecule has 0 saturated carbocycles. The summed E-state index contributed by atoms with van der Waals surface area (Å²) in [5, 5.41) is 2.95. The topological polar surface area (TPSA) is 46.9 Å². The summed E-state index contributed by atoms with van der Waals surface area (Å²) >= 11 is 0. The van der Waals surface area contributed by atoms with Gasteiger partial charge < -0.3 is 9.88 Å². The maximum atomic E-state index is 12.1. The van der Waals surface area contributed by atoms with Crippen molar-refractivity contribution in [1.29, 1.82) is 0 Å². The van der Waals surface area contributed by atoms with Gasteiger partial charge in [-0.25, -0.2) is 4.98 Å². The number of imidazole rings is 1. The van der Waals surface area contributed by atoms with Crippen LogP contribution in [-0.2, 0) is 6.54 Å². The average molecular weight is 307 g/mol. The fourth-order valence-electron chi connectivity index (χ4n) is 2.90. The van der Waals surface area contributed by atoms with Crippen molar-refractivity contribution < 1.29 is 4.79 Å². The summed E-state index contributed by atoms with van der Waals surface area (Å²) in [7, 11) is 0. The molecule has 2 aromatic carbocycles. The van der Waals surface area contributed by atoms with Crippen molar-refractivity contribution >= 4 is 16.9 Å². The molecule has 1 aromatic heterocycles. The van der Waals surface area contributed by atoms with Gasteiger partial charge in [0.2, 0.25) is 0 Å². The van der Waals surface area contributed by atoms with Crippen LogP contribution < -0.4 is 5.32 Å². The van der Waals surface area contributed by atoms with Crippen LogP contribution in [0.2, 0.25) is 0 Å². The van der Waals surface area contributed by atoms with Gasteiger partial charge in [0.15, 0.2) is 0 Å². The van der Waals surface area contributed by atoms with Crippen LogP contribution in [0.15, 0.2) is 48.5 Å². The number of nitrogens with zero attached hydrogens (tertiary/aromatic N) is 2. The highest BCUT2D eigenvalue weighted by molar-refractivity contribution is 5.94. The van der Waals surface area contributed by atoms with Crippen LogP contribution in [0.3, 0.4) is 0 Å². The lowest BCUT2D eigenvalue weighted by molar-refractivity contribution is 0.0951. The Kier molecular flexibility index (Phi) is 4.15. The van der Waals surface area contributed by atoms with Gasteiger partial charge in [-0.05, 0) is 50.6 Å². The van der Waals surface area contributed by atoms with Gasteiger partial charge in [0.25, 0.3) is 5.91 Å². The molecule has 4 nitrogen and oxygen atoms in total. The Bertz CT molecular complexity index is 834. The van der Waals surface area contributed by atoms with Gasteiger partial charge in [-0.3, -0.25) is 4.79 Å². The fourth-order valence-corrected chi connectivity index (χ4v) is 2.90. The molecule has 3 rings (SSSR count). The number of amides is 1. The Morgan fingerprint density at radius 3 is 2.61 bits per heavy atom. The summed E-state index contributed by atoms with van der Waals surface area (Å²) < 4.78 is 2.22. The van der Waals surface area contributed by atoms with E-state index in [0.717, 1.165) is 22.4 Å². The van der Waals surface area contributed by atoms with E-state index in [4.69, 9.17) is 0 Å². The summed E-state index contributed by atoms with van der Waals surface area (Å²) in [6.45, 7) is 6.83. The first-order valence-electron chi connectivity index (χ1n) is 7.87. The van der Waals surface area contributed by atoms with Crippen molar-refractivity contribution in [2.24, 2.45) is 0 Å². The summed E-state index contributed by atoms with van der Waals surface area (Å²) in [6, 6.07) is 15.8. The highest BCUT2D eigenvalue weighted by atomic mass is 16.1. The molecule has 0 fully saturated rings. The van der Waals surface area contributed by atoms with Crippen LogP contribution in [0, 0.1) is 6.92 Å². The zero-order valence-corrected chi connectivity index (χ0v) is 13.7. The van der Waals surface area contributed by atoms with E-state index >= 15 is 0 Å². The van der Waals surface area contributed by atoms with E-state index in [1.165, 1.54) is 0 Å². The quantitative estimate of drug-likeness (QED) is 0.795. The lowest BCUT2D eigenvalue weighted by atomic mass is 10.1. The molecule has 118 valence electrons. The number of benzene rings is 2. The van der Waals surface area contributed by atoms with Crippen molar-refractivity contribution in [3.05, 3.63) is 65.5 Å². The summed E-state index contributed by atoms with van der Waals surface area (Å²) in [5.41, 5.74) is 3.84. The van der Waals surface area contributed by atoms with Gasteiger partial charge in [-0.2, -0.15) is 0 Å². The molecule has 0 aliphatic carbocycles. The maximum Gasteiger partial charge on any atom is 0.251 e. The molecule has 0 aliphatic rings. The third-order valence-corrected chi connectivity index (χ3v) is 3.94. The molecule has 3 aromatic rings. The fraction of sp³-hybridized carbons (Fsp3) is 0.263. The molecule has 0 saturated heterocycles. The monoisotopic (exact) mass is 307 g/mol. The normalized spacial score (nSPS) is 11.1. The Balaban J connectivity index is 1.78. The first-order valence-corrected chi connectivity index (χ1v) is 7.87. The van der Waals surface area contributed by atoms with Crippen LogP contribution in [-0.4, -0.2) is 15.5 Å². The highest BCUT2D eigenvalue weighted by Gasteiger charge is 2.11. The number of aromatic nitrogens is 2. The molecular formula is C19H21N3O. The third kappa shape index (κ3) is 3.11. The molecule has 0 aliphatic heterocycles. The summed E-state index contributed by atoms with van der Waals surface area (Å²) in [6.07, 6.45) is 0. The van der Waals surface area contributed by atoms with E-state index in [-0.39, 0.29) is 5.91 Å². The predicted molar refractivity (Wildman–Crippen MR) is 92.5 cm³/mol. The number of carbonyl (C=O) groups is 1. The van der Waals surface area contributed by atoms with Crippen LogP contribution >= 0.6 is 0 Å². The molecular weight excluding hydrogens is 286 g/mol. The van der Waals surface area contributed by atoms with Crippen molar-refractivity contribution in [3.8, 4) is 0 Å². The SMILES string of the molecule is Cc1nc2cc(CNC(=O)c3ccccc3)ccc2n1C(C)C. The van der Waals surface area contributed by atoms with E-state index in [1.54, 1.807) is 0 Å². The van der Waals surface area contributed by atoms with Gasteiger partial charge in [0.1, 0.15) is 5.82 Å². The van der Waals surface area contributed by atoms with E-state index in [2.05, 4.69) is 34.8 Å². The van der Waals surface area contributed by atoms with Gasteiger partial charge in [-0.15, -0.1) is 0 Å². The smallest absolute Gasteiger partial charge is 0.251 e. The van der Waals surface area contributed by atoms with Gasteiger partial charge >= 0.3 is 0 Å². The van der Waals surface area contributed by atoms with E-state index in [1.807, 2.05) is 49.4 Å². The summed E-state index contributed by atoms with van der Waals surface area (Å²) in [5.74, 6) is 0.954. The van der Waals surface area contributed by atoms with Gasteiger partial charge in [-0.1, -0.05) is 24.3 Å². The molecule has 0 spiro atoms. The highest BCUT2D eigenvalue weighted by Crippen LogP contribution is 2.21. The molecule has 1 heterocycles. The Morgan fingerprint density at radius 2 is 1.91 bits per heavy atom. The zero-order chi connectivity index (χ0) is 16.4. The lowest BCUT2D eigenvalue weighted by Crippen LogP contribution is -2.22. The molecule has 4 heteroatoms. The van der Waals surface area contributed by atoms with Crippen molar-refractivity contribution in [2.45, 2.75) is 33.4 Å². The molecule has 0 bridgehead atoms. The second-order valence-electron chi connectivity index (χ2n) is 5.99. The lowest BCUT2D eigenvalue weighted by Gasteiger charge is -2.11. The Morgan fingerprint density at radius 1 is 1.17 bits per heavy atom. The minimum Gasteiger partial charge on any atom is -0.348 e. The predicted octanol–water partition coefficient (Wildman–Crippen LogP) is 3.86. The average Bonchev–Trinajstić information content (AvgIpc) is 2.88. The van der Waals surface area contributed by atoms with Crippen molar-refractivity contribution in [1.82, 2.24) is 14.9 Å². The van der Waals surface area contributed by atoms with Gasteiger partial charge in [0, 0.05) is 18.2 Å². The number of carbonyl (C=O) groups excluding carboxylic acids is 1. The van der Waals surface area contributed by atoms with Crippen molar-refractivity contribution in [2.75, 3.05) is 0 Å². The van der Waals surface area contributed by atoms with E-state index in [9.17, 15) is 4.79 Å². The summed E-state index contributed by atoms with van der Waals surface area (Å²) in [4.78, 5) is 16.7. The number of rotatable bonds is 4. The molecule has 1 amide bonds. The number of fused-ring (bicyclic) bond motifs is 1. The first-order chi connectivity index (χ1) is 11.1. The minimum absolute atomic E-state index is 0.0606. The minimum atomic E-state index is -0.0606. The third-order valence-electron chi connectivity index (χ3n) is 3.94. The molecule has 0 radical (unpaired) electrons. The van der Waals surface area contributed by atoms with Gasteiger partial charge in [0.05, 0.1) is 11.0 Å². The maximum absolute atomic E-state index is 12.1. The zero-order valence-electron chi connectivity index (χ0n) is 13.7. The number of hydrogen-bond acceptors (Lipinski definition) is 2. The second-order valence-corrected chi connectivity index (χ2v) is 5.99. The van der Waals surface area contributed by atoms with Crippen molar-refractivity contribution in [3.63, 3.8) is 0 Å². The first kappa shape index (κ1) is 15.3.